The van der Waals surface area contributed by atoms with Gasteiger partial charge in [-0.05, 0) is 64.3 Å². The van der Waals surface area contributed by atoms with Crippen LogP contribution in [0, 0.1) is 19.8 Å². The number of anilines is 2. The number of pyridine rings is 2. The zero-order valence-electron chi connectivity index (χ0n) is 20.8. The molecule has 0 saturated carbocycles. The molecule has 3 aromatic heterocycles. The van der Waals surface area contributed by atoms with Crippen LogP contribution in [0.1, 0.15) is 48.9 Å². The van der Waals surface area contributed by atoms with Gasteiger partial charge in [-0.25, -0.2) is 23.1 Å². The molecule has 1 saturated heterocycles. The SMILES string of the molecule is Cc1nn(C)c(C)c1-c1ccc(C(=O)NS(=O)(=O)c2cccnc2N)c(N2C[C@@H](C)CC2(C)C)n1. The molecule has 0 radical (unpaired) electrons. The zero-order valence-corrected chi connectivity index (χ0v) is 21.6. The molecule has 0 aromatic carbocycles. The first-order chi connectivity index (χ1) is 16.3. The van der Waals surface area contributed by atoms with E-state index < -0.39 is 15.9 Å². The Morgan fingerprint density at radius 2 is 1.94 bits per heavy atom. The molecule has 1 aliphatic heterocycles. The summed E-state index contributed by atoms with van der Waals surface area (Å²) >= 11 is 0. The van der Waals surface area contributed by atoms with Crippen molar-refractivity contribution in [1.29, 1.82) is 0 Å². The average molecular weight is 498 g/mol. The molecular weight excluding hydrogens is 466 g/mol. The van der Waals surface area contributed by atoms with Crippen molar-refractivity contribution in [3.8, 4) is 11.3 Å². The minimum atomic E-state index is -4.24. The van der Waals surface area contributed by atoms with Crippen LogP contribution in [-0.2, 0) is 17.1 Å². The fourth-order valence-corrected chi connectivity index (χ4v) is 5.99. The quantitative estimate of drug-likeness (QED) is 0.549. The first-order valence-electron chi connectivity index (χ1n) is 11.4. The summed E-state index contributed by atoms with van der Waals surface area (Å²) in [6.07, 6.45) is 2.30. The third-order valence-corrected chi connectivity index (χ3v) is 7.91. The van der Waals surface area contributed by atoms with Crippen molar-refractivity contribution >= 4 is 27.6 Å². The summed E-state index contributed by atoms with van der Waals surface area (Å²) in [5.74, 6) is -0.144. The Bertz CT molecular complexity index is 1410. The van der Waals surface area contributed by atoms with Gasteiger partial charge in [0.25, 0.3) is 15.9 Å². The number of hydrogen-bond donors (Lipinski definition) is 2. The molecule has 0 aliphatic carbocycles. The molecule has 11 heteroatoms. The summed E-state index contributed by atoms with van der Waals surface area (Å²) in [7, 11) is -2.37. The van der Waals surface area contributed by atoms with Crippen LogP contribution in [0.4, 0.5) is 11.6 Å². The van der Waals surface area contributed by atoms with Gasteiger partial charge in [0.1, 0.15) is 16.5 Å². The number of nitrogens with two attached hydrogens (primary N) is 1. The molecule has 3 N–H and O–H groups in total. The fraction of sp³-hybridized carbons (Fsp3) is 0.417. The lowest BCUT2D eigenvalue weighted by Gasteiger charge is -2.34. The van der Waals surface area contributed by atoms with Crippen LogP contribution in [0.25, 0.3) is 11.3 Å². The van der Waals surface area contributed by atoms with Crippen LogP contribution in [0.5, 0.6) is 0 Å². The summed E-state index contributed by atoms with van der Waals surface area (Å²) in [5, 5.41) is 4.49. The van der Waals surface area contributed by atoms with Gasteiger partial charge in [-0.15, -0.1) is 0 Å². The number of carbonyl (C=O) groups is 1. The number of nitrogens with zero attached hydrogens (tertiary/aromatic N) is 5. The van der Waals surface area contributed by atoms with E-state index in [1.807, 2.05) is 20.9 Å². The number of carbonyl (C=O) groups excluding carboxylic acids is 1. The predicted octanol–water partition coefficient (Wildman–Crippen LogP) is 2.82. The molecule has 1 atom stereocenters. The molecule has 1 fully saturated rings. The number of amides is 1. The van der Waals surface area contributed by atoms with E-state index in [0.29, 0.717) is 24.0 Å². The van der Waals surface area contributed by atoms with Gasteiger partial charge in [0.2, 0.25) is 0 Å². The van der Waals surface area contributed by atoms with Gasteiger partial charge >= 0.3 is 0 Å². The Hall–Kier alpha value is -3.47. The van der Waals surface area contributed by atoms with E-state index in [1.54, 1.807) is 16.8 Å². The number of aromatic nitrogens is 4. The monoisotopic (exact) mass is 497 g/mol. The van der Waals surface area contributed by atoms with Gasteiger partial charge in [-0.2, -0.15) is 5.10 Å². The standard InChI is InChI=1S/C24H31N7O3S/c1-14-12-24(4,5)31(13-14)22-17(9-10-18(27-22)20-15(2)28-30(6)16(20)3)23(32)29-35(33,34)19-8-7-11-26-21(19)25/h7-11,14H,12-13H2,1-6H3,(H2,25,26)(H,29,32)/t14-/m0/s1. The minimum absolute atomic E-state index is 0.168. The van der Waals surface area contributed by atoms with Crippen molar-refractivity contribution in [2.45, 2.75) is 51.5 Å². The first-order valence-corrected chi connectivity index (χ1v) is 12.9. The highest BCUT2D eigenvalue weighted by Crippen LogP contribution is 2.39. The van der Waals surface area contributed by atoms with Crippen LogP contribution in [0.2, 0.25) is 0 Å². The van der Waals surface area contributed by atoms with Crippen LogP contribution in [-0.4, -0.2) is 46.2 Å². The summed E-state index contributed by atoms with van der Waals surface area (Å²) in [4.78, 5) is 23.9. The van der Waals surface area contributed by atoms with Gasteiger partial charge < -0.3 is 10.6 Å². The first kappa shape index (κ1) is 24.6. The maximum absolute atomic E-state index is 13.4. The maximum Gasteiger partial charge on any atom is 0.268 e. The van der Waals surface area contributed by atoms with Crippen molar-refractivity contribution in [3.63, 3.8) is 0 Å². The Kier molecular flexibility index (Phi) is 6.08. The molecule has 0 spiro atoms. The fourth-order valence-electron chi connectivity index (χ4n) is 4.94. The van der Waals surface area contributed by atoms with Gasteiger partial charge in [-0.3, -0.25) is 9.48 Å². The zero-order chi connectivity index (χ0) is 25.7. The lowest BCUT2D eigenvalue weighted by molar-refractivity contribution is 0.0981. The summed E-state index contributed by atoms with van der Waals surface area (Å²) < 4.78 is 29.8. The van der Waals surface area contributed by atoms with Crippen LogP contribution >= 0.6 is 0 Å². The molecule has 186 valence electrons. The van der Waals surface area contributed by atoms with Crippen molar-refractivity contribution in [3.05, 3.63) is 47.4 Å². The van der Waals surface area contributed by atoms with Crippen molar-refractivity contribution in [2.75, 3.05) is 17.2 Å². The number of nitrogens with one attached hydrogen (secondary N) is 1. The van der Waals surface area contributed by atoms with E-state index in [0.717, 1.165) is 23.4 Å². The Labute approximate surface area is 205 Å². The summed E-state index contributed by atoms with van der Waals surface area (Å²) in [6.45, 7) is 10.9. The highest BCUT2D eigenvalue weighted by Gasteiger charge is 2.39. The third kappa shape index (κ3) is 4.47. The minimum Gasteiger partial charge on any atom is -0.383 e. The molecule has 3 aromatic rings. The van der Waals surface area contributed by atoms with Gasteiger partial charge in [-0.1, -0.05) is 6.92 Å². The second kappa shape index (κ2) is 8.63. The normalized spacial score (nSPS) is 17.5. The van der Waals surface area contributed by atoms with E-state index in [9.17, 15) is 13.2 Å². The number of hydrogen-bond acceptors (Lipinski definition) is 8. The van der Waals surface area contributed by atoms with Crippen LogP contribution in [0.15, 0.2) is 35.4 Å². The summed E-state index contributed by atoms with van der Waals surface area (Å²) in [6, 6.07) is 6.11. The van der Waals surface area contributed by atoms with Gasteiger partial charge in [0.05, 0.1) is 17.0 Å². The highest BCUT2D eigenvalue weighted by atomic mass is 32.2. The number of sulfonamides is 1. The second-order valence-corrected chi connectivity index (χ2v) is 11.4. The van der Waals surface area contributed by atoms with Crippen molar-refractivity contribution < 1.29 is 13.2 Å². The van der Waals surface area contributed by atoms with E-state index >= 15 is 0 Å². The highest BCUT2D eigenvalue weighted by molar-refractivity contribution is 7.90. The Morgan fingerprint density at radius 3 is 2.51 bits per heavy atom. The van der Waals surface area contributed by atoms with E-state index in [-0.39, 0.29) is 21.8 Å². The van der Waals surface area contributed by atoms with Crippen LogP contribution < -0.4 is 15.4 Å². The largest absolute Gasteiger partial charge is 0.383 e. The van der Waals surface area contributed by atoms with Crippen molar-refractivity contribution in [2.24, 2.45) is 13.0 Å². The maximum atomic E-state index is 13.4. The van der Waals surface area contributed by atoms with Gasteiger partial charge in [0, 0.05) is 36.6 Å². The Balaban J connectivity index is 1.82. The van der Waals surface area contributed by atoms with Crippen molar-refractivity contribution in [1.82, 2.24) is 24.5 Å². The van der Waals surface area contributed by atoms with E-state index in [1.165, 1.54) is 18.3 Å². The number of rotatable bonds is 5. The Morgan fingerprint density at radius 1 is 1.23 bits per heavy atom. The second-order valence-electron chi connectivity index (χ2n) is 9.79. The molecule has 4 heterocycles. The van der Waals surface area contributed by atoms with E-state index in [2.05, 4.69) is 40.5 Å². The number of nitrogen functional groups attached to an aromatic ring is 1. The lowest BCUT2D eigenvalue weighted by Crippen LogP contribution is -2.41. The average Bonchev–Trinajstić information content (AvgIpc) is 3.19. The van der Waals surface area contributed by atoms with Crippen LogP contribution in [0.3, 0.4) is 0 Å². The third-order valence-electron chi connectivity index (χ3n) is 6.53. The molecule has 1 aliphatic rings. The molecular formula is C24H31N7O3S. The molecule has 35 heavy (non-hydrogen) atoms. The summed E-state index contributed by atoms with van der Waals surface area (Å²) in [5.41, 5.74) is 8.98. The molecule has 0 unspecified atom stereocenters. The molecule has 1 amide bonds. The number of aryl methyl sites for hydroxylation is 2. The topological polar surface area (TPSA) is 136 Å². The lowest BCUT2D eigenvalue weighted by atomic mass is 9.97. The van der Waals surface area contributed by atoms with E-state index in [4.69, 9.17) is 10.7 Å². The van der Waals surface area contributed by atoms with Gasteiger partial charge in [0.15, 0.2) is 0 Å². The molecule has 0 bridgehead atoms. The smallest absolute Gasteiger partial charge is 0.268 e. The molecule has 10 nitrogen and oxygen atoms in total. The predicted molar refractivity (Wildman–Crippen MR) is 134 cm³/mol. The molecule has 4 rings (SSSR count).